The number of benzene rings is 1. The first-order valence-electron chi connectivity index (χ1n) is 7.52. The maximum atomic E-state index is 4.67. The average Bonchev–Trinajstić information content (AvgIpc) is 3.32. The Hall–Kier alpha value is -1.90. The Bertz CT molecular complexity index is 603. The molecular weight excluding hydrogens is 246 g/mol. The Morgan fingerprint density at radius 1 is 1.15 bits per heavy atom. The van der Waals surface area contributed by atoms with Gasteiger partial charge in [0.15, 0.2) is 5.82 Å². The summed E-state index contributed by atoms with van der Waals surface area (Å²) < 4.78 is 0. The minimum atomic E-state index is 0.762. The van der Waals surface area contributed by atoms with E-state index in [4.69, 9.17) is 0 Å². The molecular formula is C17H21N3. The van der Waals surface area contributed by atoms with E-state index in [1.54, 1.807) is 0 Å². The third-order valence-electron chi connectivity index (χ3n) is 3.69. The number of anilines is 1. The number of aromatic nitrogens is 2. The van der Waals surface area contributed by atoms with E-state index in [-0.39, 0.29) is 0 Å². The molecule has 3 rings (SSSR count). The molecule has 104 valence electrons. The molecule has 20 heavy (non-hydrogen) atoms. The molecule has 1 saturated carbocycles. The lowest BCUT2D eigenvalue weighted by Gasteiger charge is -2.09. The fourth-order valence-electron chi connectivity index (χ4n) is 2.43. The lowest BCUT2D eigenvalue weighted by Crippen LogP contribution is -2.03. The van der Waals surface area contributed by atoms with Crippen LogP contribution in [0.2, 0.25) is 0 Å². The van der Waals surface area contributed by atoms with Crippen molar-refractivity contribution < 1.29 is 0 Å². The highest BCUT2D eigenvalue weighted by atomic mass is 15.0. The Morgan fingerprint density at radius 3 is 2.70 bits per heavy atom. The number of nitrogens with one attached hydrogen (secondary N) is 1. The predicted molar refractivity (Wildman–Crippen MR) is 83.0 cm³/mol. The molecule has 0 unspecified atom stereocenters. The Morgan fingerprint density at radius 2 is 2.00 bits per heavy atom. The summed E-state index contributed by atoms with van der Waals surface area (Å²) in [5.74, 6) is 2.52. The van der Waals surface area contributed by atoms with Crippen molar-refractivity contribution in [2.45, 2.75) is 39.0 Å². The van der Waals surface area contributed by atoms with Crippen LogP contribution in [0.1, 0.15) is 43.9 Å². The number of hydrogen-bond donors (Lipinski definition) is 1. The van der Waals surface area contributed by atoms with Gasteiger partial charge in [-0.25, -0.2) is 9.97 Å². The second-order valence-corrected chi connectivity index (χ2v) is 5.35. The SMILES string of the molecule is CCNc1cc(CC)nc(-c2cccc(C3CC3)c2)n1. The summed E-state index contributed by atoms with van der Waals surface area (Å²) in [7, 11) is 0. The summed E-state index contributed by atoms with van der Waals surface area (Å²) in [6.45, 7) is 5.09. The van der Waals surface area contributed by atoms with Crippen molar-refractivity contribution >= 4 is 5.82 Å². The zero-order chi connectivity index (χ0) is 13.9. The van der Waals surface area contributed by atoms with E-state index >= 15 is 0 Å². The van der Waals surface area contributed by atoms with Gasteiger partial charge in [0, 0.05) is 23.9 Å². The Kier molecular flexibility index (Phi) is 3.68. The van der Waals surface area contributed by atoms with Crippen LogP contribution in [0.25, 0.3) is 11.4 Å². The molecule has 1 aliphatic rings. The standard InChI is InChI=1S/C17H21N3/c1-3-15-11-16(18-4-2)20-17(19-15)14-7-5-6-13(10-14)12-8-9-12/h5-7,10-12H,3-4,8-9H2,1-2H3,(H,18,19,20). The predicted octanol–water partition coefficient (Wildman–Crippen LogP) is 4.02. The maximum absolute atomic E-state index is 4.67. The van der Waals surface area contributed by atoms with E-state index in [9.17, 15) is 0 Å². The van der Waals surface area contributed by atoms with Crippen LogP contribution in [0.4, 0.5) is 5.82 Å². The Labute approximate surface area is 120 Å². The van der Waals surface area contributed by atoms with Crippen molar-refractivity contribution in [3.8, 4) is 11.4 Å². The van der Waals surface area contributed by atoms with Crippen LogP contribution < -0.4 is 5.32 Å². The molecule has 3 heteroatoms. The second kappa shape index (κ2) is 5.61. The van der Waals surface area contributed by atoms with Crippen LogP contribution in [0, 0.1) is 0 Å². The zero-order valence-corrected chi connectivity index (χ0v) is 12.2. The molecule has 2 aromatic rings. The van der Waals surface area contributed by atoms with E-state index in [1.807, 2.05) is 6.07 Å². The molecule has 0 amide bonds. The van der Waals surface area contributed by atoms with Gasteiger partial charge in [0.1, 0.15) is 5.82 Å². The third kappa shape index (κ3) is 2.82. The van der Waals surface area contributed by atoms with Crippen molar-refractivity contribution in [1.82, 2.24) is 9.97 Å². The normalized spacial score (nSPS) is 14.3. The first-order chi connectivity index (χ1) is 9.80. The van der Waals surface area contributed by atoms with Crippen molar-refractivity contribution in [3.05, 3.63) is 41.6 Å². The first-order valence-corrected chi connectivity index (χ1v) is 7.52. The molecule has 1 aromatic carbocycles. The van der Waals surface area contributed by atoms with Crippen molar-refractivity contribution in [3.63, 3.8) is 0 Å². The summed E-state index contributed by atoms with van der Waals surface area (Å²) in [5.41, 5.74) is 3.64. The molecule has 1 aliphatic carbocycles. The van der Waals surface area contributed by atoms with E-state index in [0.717, 1.165) is 41.8 Å². The Balaban J connectivity index is 1.99. The van der Waals surface area contributed by atoms with Gasteiger partial charge >= 0.3 is 0 Å². The molecule has 3 nitrogen and oxygen atoms in total. The van der Waals surface area contributed by atoms with E-state index < -0.39 is 0 Å². The van der Waals surface area contributed by atoms with Gasteiger partial charge in [-0.1, -0.05) is 25.1 Å². The first kappa shape index (κ1) is 13.1. The lowest BCUT2D eigenvalue weighted by atomic mass is 10.1. The summed E-state index contributed by atoms with van der Waals surface area (Å²) in [6.07, 6.45) is 3.57. The van der Waals surface area contributed by atoms with Crippen molar-refractivity contribution in [1.29, 1.82) is 0 Å². The second-order valence-electron chi connectivity index (χ2n) is 5.35. The monoisotopic (exact) mass is 267 g/mol. The van der Waals surface area contributed by atoms with E-state index in [2.05, 4.69) is 53.4 Å². The van der Waals surface area contributed by atoms with Crippen LogP contribution in [-0.4, -0.2) is 16.5 Å². The zero-order valence-electron chi connectivity index (χ0n) is 12.2. The summed E-state index contributed by atoms with van der Waals surface area (Å²) >= 11 is 0. The quantitative estimate of drug-likeness (QED) is 0.889. The molecule has 0 radical (unpaired) electrons. The highest BCUT2D eigenvalue weighted by Gasteiger charge is 2.23. The highest BCUT2D eigenvalue weighted by Crippen LogP contribution is 2.40. The van der Waals surface area contributed by atoms with Crippen LogP contribution in [0.3, 0.4) is 0 Å². The molecule has 0 bridgehead atoms. The van der Waals surface area contributed by atoms with Gasteiger partial charge < -0.3 is 5.32 Å². The van der Waals surface area contributed by atoms with Gasteiger partial charge in [0.2, 0.25) is 0 Å². The molecule has 1 aromatic heterocycles. The van der Waals surface area contributed by atoms with Gasteiger partial charge in [-0.05, 0) is 43.7 Å². The molecule has 0 spiro atoms. The van der Waals surface area contributed by atoms with Gasteiger partial charge in [-0.2, -0.15) is 0 Å². The minimum Gasteiger partial charge on any atom is -0.370 e. The van der Waals surface area contributed by atoms with Crippen LogP contribution in [0.5, 0.6) is 0 Å². The number of aryl methyl sites for hydroxylation is 1. The van der Waals surface area contributed by atoms with E-state index in [0.29, 0.717) is 0 Å². The fraction of sp³-hybridized carbons (Fsp3) is 0.412. The summed E-state index contributed by atoms with van der Waals surface area (Å²) in [5, 5.41) is 3.29. The van der Waals surface area contributed by atoms with Gasteiger partial charge in [0.25, 0.3) is 0 Å². The van der Waals surface area contributed by atoms with E-state index in [1.165, 1.54) is 18.4 Å². The van der Waals surface area contributed by atoms with Crippen LogP contribution in [-0.2, 0) is 6.42 Å². The van der Waals surface area contributed by atoms with Gasteiger partial charge in [-0.3, -0.25) is 0 Å². The fourth-order valence-corrected chi connectivity index (χ4v) is 2.43. The van der Waals surface area contributed by atoms with Gasteiger partial charge in [0.05, 0.1) is 0 Å². The molecule has 1 fully saturated rings. The van der Waals surface area contributed by atoms with Gasteiger partial charge in [-0.15, -0.1) is 0 Å². The average molecular weight is 267 g/mol. The minimum absolute atomic E-state index is 0.762. The third-order valence-corrected chi connectivity index (χ3v) is 3.69. The number of hydrogen-bond acceptors (Lipinski definition) is 3. The lowest BCUT2D eigenvalue weighted by molar-refractivity contribution is 0.997. The van der Waals surface area contributed by atoms with Crippen LogP contribution >= 0.6 is 0 Å². The highest BCUT2D eigenvalue weighted by molar-refractivity contribution is 5.59. The molecule has 0 atom stereocenters. The largest absolute Gasteiger partial charge is 0.370 e. The number of nitrogens with zero attached hydrogens (tertiary/aromatic N) is 2. The topological polar surface area (TPSA) is 37.8 Å². The van der Waals surface area contributed by atoms with Crippen molar-refractivity contribution in [2.24, 2.45) is 0 Å². The number of rotatable bonds is 5. The molecule has 0 saturated heterocycles. The molecule has 1 N–H and O–H groups in total. The summed E-state index contributed by atoms with van der Waals surface area (Å²) in [6, 6.07) is 10.7. The smallest absolute Gasteiger partial charge is 0.161 e. The summed E-state index contributed by atoms with van der Waals surface area (Å²) in [4.78, 5) is 9.31. The van der Waals surface area contributed by atoms with Crippen LogP contribution in [0.15, 0.2) is 30.3 Å². The molecule has 0 aliphatic heterocycles. The van der Waals surface area contributed by atoms with Crippen molar-refractivity contribution in [2.75, 3.05) is 11.9 Å². The maximum Gasteiger partial charge on any atom is 0.161 e. The molecule has 1 heterocycles.